The summed E-state index contributed by atoms with van der Waals surface area (Å²) in [5.74, 6) is 0.120. The molecule has 29 heavy (non-hydrogen) atoms. The van der Waals surface area contributed by atoms with Gasteiger partial charge in [-0.2, -0.15) is 0 Å². The van der Waals surface area contributed by atoms with E-state index >= 15 is 0 Å². The molecule has 0 aliphatic carbocycles. The summed E-state index contributed by atoms with van der Waals surface area (Å²) in [5.41, 5.74) is 1.14. The standard InChI is InChI=1S/C19H17ClFN7O/c1-3-15(29)28-8-11(9-28)27(2)19-22-7-14-17(26-19)18(24-10-23-14)25-13-6-4-5-12(20)16(13)21/h3-7,10-11H,1,8-9H2,2H3,(H,23,24,25). The number of likely N-dealkylation sites (N-methyl/N-ethyl adjacent to an activating group) is 1. The van der Waals surface area contributed by atoms with Crippen LogP contribution in [0.25, 0.3) is 11.0 Å². The van der Waals surface area contributed by atoms with Crippen LogP contribution < -0.4 is 10.2 Å². The van der Waals surface area contributed by atoms with Gasteiger partial charge in [0.2, 0.25) is 11.9 Å². The fourth-order valence-corrected chi connectivity index (χ4v) is 3.18. The van der Waals surface area contributed by atoms with E-state index in [0.717, 1.165) is 0 Å². The first-order chi connectivity index (χ1) is 14.0. The second kappa shape index (κ2) is 7.59. The second-order valence-corrected chi connectivity index (χ2v) is 6.97. The van der Waals surface area contributed by atoms with Crippen LogP contribution in [-0.4, -0.2) is 56.9 Å². The normalized spacial score (nSPS) is 13.8. The van der Waals surface area contributed by atoms with Gasteiger partial charge >= 0.3 is 0 Å². The van der Waals surface area contributed by atoms with Crippen LogP contribution in [0.2, 0.25) is 5.02 Å². The maximum atomic E-state index is 14.3. The molecule has 1 fully saturated rings. The van der Waals surface area contributed by atoms with E-state index in [9.17, 15) is 9.18 Å². The molecule has 0 atom stereocenters. The molecular formula is C19H17ClFN7O. The van der Waals surface area contributed by atoms with E-state index in [-0.39, 0.29) is 22.7 Å². The largest absolute Gasteiger partial charge is 0.337 e. The molecule has 1 aromatic carbocycles. The smallest absolute Gasteiger partial charge is 0.246 e. The van der Waals surface area contributed by atoms with Gasteiger partial charge in [-0.3, -0.25) is 4.79 Å². The first-order valence-electron chi connectivity index (χ1n) is 8.81. The third-order valence-corrected chi connectivity index (χ3v) is 5.07. The van der Waals surface area contributed by atoms with Crippen LogP contribution in [-0.2, 0) is 4.79 Å². The predicted octanol–water partition coefficient (Wildman–Crippen LogP) is 2.79. The maximum Gasteiger partial charge on any atom is 0.246 e. The number of rotatable bonds is 5. The Balaban J connectivity index is 1.62. The van der Waals surface area contributed by atoms with Crippen LogP contribution in [0.5, 0.6) is 0 Å². The summed E-state index contributed by atoms with van der Waals surface area (Å²) in [4.78, 5) is 32.5. The van der Waals surface area contributed by atoms with Crippen LogP contribution in [0.4, 0.5) is 21.8 Å². The number of carbonyl (C=O) groups excluding carboxylic acids is 1. The van der Waals surface area contributed by atoms with Crippen molar-refractivity contribution in [1.29, 1.82) is 0 Å². The Labute approximate surface area is 171 Å². The maximum absolute atomic E-state index is 14.3. The van der Waals surface area contributed by atoms with E-state index < -0.39 is 5.82 Å². The summed E-state index contributed by atoms with van der Waals surface area (Å²) < 4.78 is 14.3. The van der Waals surface area contributed by atoms with Crippen molar-refractivity contribution in [2.24, 2.45) is 0 Å². The monoisotopic (exact) mass is 413 g/mol. The van der Waals surface area contributed by atoms with Crippen LogP contribution in [0, 0.1) is 5.82 Å². The number of hydrogen-bond acceptors (Lipinski definition) is 7. The molecule has 1 aliphatic heterocycles. The Morgan fingerprint density at radius 3 is 2.93 bits per heavy atom. The average Bonchev–Trinajstić information content (AvgIpc) is 2.70. The number of amides is 1. The van der Waals surface area contributed by atoms with Crippen molar-refractivity contribution in [2.45, 2.75) is 6.04 Å². The van der Waals surface area contributed by atoms with Gasteiger partial charge in [-0.15, -0.1) is 0 Å². The lowest BCUT2D eigenvalue weighted by atomic mass is 10.1. The number of aromatic nitrogens is 4. The number of nitrogens with zero attached hydrogens (tertiary/aromatic N) is 6. The fourth-order valence-electron chi connectivity index (χ4n) is 3.01. The summed E-state index contributed by atoms with van der Waals surface area (Å²) in [7, 11) is 1.86. The Hall–Kier alpha value is -3.33. The number of benzene rings is 1. The SMILES string of the molecule is C=CC(=O)N1CC(N(C)c2ncc3ncnc(Nc4cccc(Cl)c4F)c3n2)C1. The van der Waals surface area contributed by atoms with Gasteiger partial charge in [0.05, 0.1) is 22.9 Å². The van der Waals surface area contributed by atoms with Crippen LogP contribution in [0.1, 0.15) is 0 Å². The average molecular weight is 414 g/mol. The molecule has 3 aromatic rings. The highest BCUT2D eigenvalue weighted by molar-refractivity contribution is 6.31. The molecule has 1 saturated heterocycles. The molecule has 0 unspecified atom stereocenters. The van der Waals surface area contributed by atoms with Crippen molar-refractivity contribution >= 4 is 46.0 Å². The van der Waals surface area contributed by atoms with Crippen molar-refractivity contribution in [1.82, 2.24) is 24.8 Å². The van der Waals surface area contributed by atoms with E-state index in [1.165, 1.54) is 18.5 Å². The zero-order chi connectivity index (χ0) is 20.5. The Kier molecular flexibility index (Phi) is 4.98. The highest BCUT2D eigenvalue weighted by Crippen LogP contribution is 2.28. The number of carbonyl (C=O) groups is 1. The Bertz CT molecular complexity index is 1100. The summed E-state index contributed by atoms with van der Waals surface area (Å²) >= 11 is 5.85. The minimum atomic E-state index is -0.575. The lowest BCUT2D eigenvalue weighted by molar-refractivity contribution is -0.130. The predicted molar refractivity (Wildman–Crippen MR) is 109 cm³/mol. The molecule has 0 bridgehead atoms. The van der Waals surface area contributed by atoms with Gasteiger partial charge in [0.15, 0.2) is 11.6 Å². The Morgan fingerprint density at radius 1 is 1.38 bits per heavy atom. The van der Waals surface area contributed by atoms with Gasteiger partial charge in [-0.1, -0.05) is 24.2 Å². The third-order valence-electron chi connectivity index (χ3n) is 4.78. The van der Waals surface area contributed by atoms with Crippen LogP contribution >= 0.6 is 11.6 Å². The van der Waals surface area contributed by atoms with Crippen molar-refractivity contribution in [3.8, 4) is 0 Å². The Morgan fingerprint density at radius 2 is 2.17 bits per heavy atom. The molecular weight excluding hydrogens is 397 g/mol. The topological polar surface area (TPSA) is 87.1 Å². The molecule has 1 aliphatic rings. The van der Waals surface area contributed by atoms with E-state index in [4.69, 9.17) is 11.6 Å². The summed E-state index contributed by atoms with van der Waals surface area (Å²) in [5, 5.41) is 2.93. The van der Waals surface area contributed by atoms with Crippen molar-refractivity contribution in [3.05, 3.63) is 54.2 Å². The van der Waals surface area contributed by atoms with Gasteiger partial charge in [0, 0.05) is 20.1 Å². The molecule has 10 heteroatoms. The number of likely N-dealkylation sites (tertiary alicyclic amines) is 1. The van der Waals surface area contributed by atoms with Gasteiger partial charge in [-0.25, -0.2) is 24.3 Å². The van der Waals surface area contributed by atoms with Gasteiger partial charge in [0.25, 0.3) is 0 Å². The van der Waals surface area contributed by atoms with Crippen LogP contribution in [0.15, 0.2) is 43.4 Å². The van der Waals surface area contributed by atoms with E-state index in [2.05, 4.69) is 31.8 Å². The van der Waals surface area contributed by atoms with Crippen LogP contribution in [0.3, 0.4) is 0 Å². The number of hydrogen-bond donors (Lipinski definition) is 1. The van der Waals surface area contributed by atoms with Gasteiger partial charge < -0.3 is 15.1 Å². The number of fused-ring (bicyclic) bond motifs is 1. The van der Waals surface area contributed by atoms with E-state index in [0.29, 0.717) is 35.9 Å². The second-order valence-electron chi connectivity index (χ2n) is 6.56. The number of anilines is 3. The molecule has 148 valence electrons. The first-order valence-corrected chi connectivity index (χ1v) is 9.18. The van der Waals surface area contributed by atoms with Gasteiger partial charge in [-0.05, 0) is 18.2 Å². The molecule has 1 N–H and O–H groups in total. The molecule has 8 nitrogen and oxygen atoms in total. The van der Waals surface area contributed by atoms with Crippen molar-refractivity contribution < 1.29 is 9.18 Å². The first kappa shape index (κ1) is 19.0. The zero-order valence-corrected chi connectivity index (χ0v) is 16.3. The number of nitrogens with one attached hydrogen (secondary N) is 1. The van der Waals surface area contributed by atoms with Crippen molar-refractivity contribution in [3.63, 3.8) is 0 Å². The lowest BCUT2D eigenvalue weighted by Gasteiger charge is -2.43. The van der Waals surface area contributed by atoms with Gasteiger partial charge in [0.1, 0.15) is 17.4 Å². The minimum absolute atomic E-state index is 0.00650. The molecule has 2 aromatic heterocycles. The quantitative estimate of drug-likeness (QED) is 0.643. The molecule has 0 saturated carbocycles. The highest BCUT2D eigenvalue weighted by Gasteiger charge is 2.33. The zero-order valence-electron chi connectivity index (χ0n) is 15.5. The minimum Gasteiger partial charge on any atom is -0.337 e. The molecule has 0 spiro atoms. The molecule has 4 rings (SSSR count). The lowest BCUT2D eigenvalue weighted by Crippen LogP contribution is -2.60. The highest BCUT2D eigenvalue weighted by atomic mass is 35.5. The summed E-state index contributed by atoms with van der Waals surface area (Å²) in [6, 6.07) is 4.75. The molecule has 1 amide bonds. The number of halogens is 2. The summed E-state index contributed by atoms with van der Waals surface area (Å²) in [6.07, 6.45) is 4.23. The fraction of sp³-hybridized carbons (Fsp3) is 0.211. The summed E-state index contributed by atoms with van der Waals surface area (Å²) in [6.45, 7) is 4.62. The molecule has 0 radical (unpaired) electrons. The molecule has 3 heterocycles. The van der Waals surface area contributed by atoms with Crippen molar-refractivity contribution in [2.75, 3.05) is 30.4 Å². The van der Waals surface area contributed by atoms with E-state index in [1.54, 1.807) is 23.2 Å². The van der Waals surface area contributed by atoms with E-state index in [1.807, 2.05) is 11.9 Å². The third kappa shape index (κ3) is 3.56.